The Hall–Kier alpha value is -1.71. The van der Waals surface area contributed by atoms with Gasteiger partial charge in [-0.3, -0.25) is 4.79 Å². The van der Waals surface area contributed by atoms with Crippen molar-refractivity contribution in [2.45, 2.75) is 273 Å². The molecular formula is C60H98O25. The summed E-state index contributed by atoms with van der Waals surface area (Å²) in [6.45, 7) is 14.7. The van der Waals surface area contributed by atoms with Crippen LogP contribution in [0.15, 0.2) is 11.6 Å². The van der Waals surface area contributed by atoms with E-state index in [1.807, 2.05) is 6.92 Å². The molecule has 6 aliphatic carbocycles. The van der Waals surface area contributed by atoms with Crippen molar-refractivity contribution in [1.82, 2.24) is 0 Å². The zero-order valence-electron chi connectivity index (χ0n) is 50.1. The number of esters is 1. The van der Waals surface area contributed by atoms with E-state index in [1.54, 1.807) is 6.92 Å². The van der Waals surface area contributed by atoms with Gasteiger partial charge in [-0.05, 0) is 123 Å². The molecule has 5 saturated carbocycles. The molecular weight excluding hydrogens is 1120 g/mol. The minimum Gasteiger partial charge on any atom is -0.432 e. The van der Waals surface area contributed by atoms with E-state index in [0.29, 0.717) is 44.9 Å². The Labute approximate surface area is 496 Å². The first-order valence-electron chi connectivity index (χ1n) is 31.0. The normalized spacial score (nSPS) is 55.3. The van der Waals surface area contributed by atoms with Crippen molar-refractivity contribution in [2.24, 2.45) is 56.2 Å². The molecule has 488 valence electrons. The molecule has 0 aromatic heterocycles. The van der Waals surface area contributed by atoms with Gasteiger partial charge in [-0.25, -0.2) is 0 Å². The smallest absolute Gasteiger partial charge is 0.315 e. The Morgan fingerprint density at radius 1 is 0.600 bits per heavy atom. The van der Waals surface area contributed by atoms with Crippen LogP contribution in [0.1, 0.15) is 126 Å². The van der Waals surface area contributed by atoms with Crippen LogP contribution in [0.5, 0.6) is 0 Å². The van der Waals surface area contributed by atoms with Crippen molar-refractivity contribution in [3.05, 3.63) is 11.6 Å². The third kappa shape index (κ3) is 11.1. The lowest BCUT2D eigenvalue weighted by atomic mass is 9.33. The standard InChI is InChI=1S/C60H98O25/c1-25-19-30(39(67)41(69)36(25)64)80-49-38(66)29(63)22-77-53(49)83-35-12-13-56(5)33(57(35,6)24-62)11-14-59(8)34(56)10-9-27-28-20-55(3,4)15-17-60(28,18-16-58(27,59)7)54(76)85-52-46(74)43(71)40(68)32(82-52)23-78-50-47(75)44(72)48(31(21-61)81-50)84-51-45(73)42(70)37(65)26(2)79-51/h9,25-26,28-53,61-75H,10-24H2,1-8H3/t25-,26+,28?,29+,30-,31-,32-,33?,34-,35+,36+,37+,38+,39+,40-,41-,42-,43+,44-,45-,46-,47-,48-,49-,50-,51+,52+,53+,56+,57+,58-,59-,60+/m1/s1. The Balaban J connectivity index is 0.833. The molecule has 0 amide bonds. The van der Waals surface area contributed by atoms with E-state index in [2.05, 4.69) is 40.7 Å². The highest BCUT2D eigenvalue weighted by Gasteiger charge is 2.71. The van der Waals surface area contributed by atoms with Gasteiger partial charge in [0.25, 0.3) is 0 Å². The van der Waals surface area contributed by atoms with Crippen molar-refractivity contribution < 1.29 is 124 Å². The van der Waals surface area contributed by atoms with Crippen LogP contribution < -0.4 is 0 Å². The Bertz CT molecular complexity index is 2370. The van der Waals surface area contributed by atoms with E-state index in [1.165, 1.54) is 12.5 Å². The molecule has 0 aromatic rings. The van der Waals surface area contributed by atoms with Crippen molar-refractivity contribution in [3.8, 4) is 0 Å². The maximum atomic E-state index is 15.2. The molecule has 4 aliphatic heterocycles. The van der Waals surface area contributed by atoms with Gasteiger partial charge in [-0.1, -0.05) is 60.1 Å². The Morgan fingerprint density at radius 3 is 1.94 bits per heavy atom. The molecule has 25 nitrogen and oxygen atoms in total. The summed E-state index contributed by atoms with van der Waals surface area (Å²) in [5, 5.41) is 163. The molecule has 0 spiro atoms. The quantitative estimate of drug-likeness (QED) is 0.0545. The van der Waals surface area contributed by atoms with Gasteiger partial charge in [0.15, 0.2) is 18.9 Å². The Morgan fingerprint density at radius 2 is 1.25 bits per heavy atom. The van der Waals surface area contributed by atoms with Gasteiger partial charge < -0.3 is 119 Å². The average molecular weight is 1220 g/mol. The number of carbonyl (C=O) groups is 1. The number of ether oxygens (including phenoxy) is 9. The summed E-state index contributed by atoms with van der Waals surface area (Å²) in [6.07, 6.45) is -26.8. The lowest BCUT2D eigenvalue weighted by Crippen LogP contribution is -2.67. The minimum atomic E-state index is -1.90. The number of hydrogen-bond acceptors (Lipinski definition) is 25. The molecule has 0 aromatic carbocycles. The molecule has 10 rings (SSSR count). The fourth-order valence-corrected chi connectivity index (χ4v) is 18.0. The third-order valence-electron chi connectivity index (χ3n) is 23.7. The van der Waals surface area contributed by atoms with Crippen LogP contribution in [0.25, 0.3) is 0 Å². The SMILES string of the molecule is C[C@@H]1C[C@@H](O[C@H]2[C@H](O[C@H]3CC[C@@]4(C)C(CC[C@]5(C)[C@@H]4CC=C4C6CC(C)(C)CC[C@]6(C(=O)O[C@@H]6O[C@H](CO[C@@H]7O[C@H](CO)[C@@H](O[C@@H]8O[C@@H](C)[C@H](O)[C@@H](O)[C@H]8O)[C@H](O)[C@H]7O)[C@@H](O)[C@H](O)[C@H]6O)CC[C@]45C)[C@]3(C)CO)OC[C@H](O)[C@@H]2O)[C@H](O)[C@H](O)[C@H]1O. The van der Waals surface area contributed by atoms with E-state index < -0.39 is 189 Å². The highest BCUT2D eigenvalue weighted by molar-refractivity contribution is 5.79. The number of carbonyl (C=O) groups excluding carboxylic acids is 1. The van der Waals surface area contributed by atoms with Gasteiger partial charge in [-0.15, -0.1) is 0 Å². The van der Waals surface area contributed by atoms with Gasteiger partial charge in [0.1, 0.15) is 97.7 Å². The molecule has 9 fully saturated rings. The summed E-state index contributed by atoms with van der Waals surface area (Å²) < 4.78 is 54.1. The molecule has 4 heterocycles. The average Bonchev–Trinajstić information content (AvgIpc) is 0.692. The molecule has 85 heavy (non-hydrogen) atoms. The largest absolute Gasteiger partial charge is 0.432 e. The number of allylic oxidation sites excluding steroid dienone is 2. The van der Waals surface area contributed by atoms with Crippen molar-refractivity contribution in [2.75, 3.05) is 26.4 Å². The zero-order valence-corrected chi connectivity index (χ0v) is 50.1. The van der Waals surface area contributed by atoms with E-state index in [9.17, 15) is 76.6 Å². The monoisotopic (exact) mass is 1220 g/mol. The number of hydrogen-bond donors (Lipinski definition) is 15. The maximum Gasteiger partial charge on any atom is 0.315 e. The predicted molar refractivity (Wildman–Crippen MR) is 291 cm³/mol. The molecule has 33 atom stereocenters. The van der Waals surface area contributed by atoms with Crippen LogP contribution >= 0.6 is 0 Å². The molecule has 15 N–H and O–H groups in total. The first kappa shape index (κ1) is 66.2. The molecule has 2 unspecified atom stereocenters. The highest BCUT2D eigenvalue weighted by atomic mass is 16.8. The van der Waals surface area contributed by atoms with Crippen LogP contribution in [0.2, 0.25) is 0 Å². The van der Waals surface area contributed by atoms with Crippen LogP contribution in [-0.2, 0) is 47.4 Å². The van der Waals surface area contributed by atoms with Crippen LogP contribution in [0.3, 0.4) is 0 Å². The van der Waals surface area contributed by atoms with Gasteiger partial charge in [0.05, 0.1) is 56.3 Å². The summed E-state index contributed by atoms with van der Waals surface area (Å²) >= 11 is 0. The lowest BCUT2D eigenvalue weighted by molar-refractivity contribution is -0.361. The molecule has 0 radical (unpaired) electrons. The fourth-order valence-electron chi connectivity index (χ4n) is 18.0. The van der Waals surface area contributed by atoms with Crippen LogP contribution in [0.4, 0.5) is 0 Å². The van der Waals surface area contributed by atoms with Crippen molar-refractivity contribution in [1.29, 1.82) is 0 Å². The van der Waals surface area contributed by atoms with Gasteiger partial charge in [-0.2, -0.15) is 0 Å². The highest BCUT2D eigenvalue weighted by Crippen LogP contribution is 2.76. The summed E-state index contributed by atoms with van der Waals surface area (Å²) in [5.41, 5.74) is -1.83. The van der Waals surface area contributed by atoms with Crippen molar-refractivity contribution in [3.63, 3.8) is 0 Å². The van der Waals surface area contributed by atoms with E-state index >= 15 is 4.79 Å². The number of fused-ring (bicyclic) bond motifs is 7. The first-order valence-corrected chi connectivity index (χ1v) is 31.0. The maximum absolute atomic E-state index is 15.2. The molecule has 10 aliphatic rings. The topological polar surface area (TPSA) is 404 Å². The van der Waals surface area contributed by atoms with Crippen LogP contribution in [0, 0.1) is 56.2 Å². The second kappa shape index (κ2) is 24.4. The summed E-state index contributed by atoms with van der Waals surface area (Å²) in [6, 6.07) is 0. The summed E-state index contributed by atoms with van der Waals surface area (Å²) in [7, 11) is 0. The second-order valence-corrected chi connectivity index (χ2v) is 29.0. The zero-order chi connectivity index (χ0) is 62.0. The number of aliphatic hydroxyl groups excluding tert-OH is 15. The van der Waals surface area contributed by atoms with Gasteiger partial charge in [0.2, 0.25) is 6.29 Å². The summed E-state index contributed by atoms with van der Waals surface area (Å²) in [5.74, 6) is -1.24. The van der Waals surface area contributed by atoms with E-state index in [0.717, 1.165) is 19.3 Å². The van der Waals surface area contributed by atoms with E-state index in [4.69, 9.17) is 42.6 Å². The van der Waals surface area contributed by atoms with Crippen LogP contribution in [-0.4, -0.2) is 256 Å². The predicted octanol–water partition coefficient (Wildman–Crippen LogP) is -1.88. The molecule has 4 saturated heterocycles. The molecule has 0 bridgehead atoms. The molecule has 25 heteroatoms. The Kier molecular flexibility index (Phi) is 19.0. The van der Waals surface area contributed by atoms with E-state index in [-0.39, 0.29) is 53.6 Å². The van der Waals surface area contributed by atoms with Crippen molar-refractivity contribution >= 4 is 5.97 Å². The minimum absolute atomic E-state index is 0.0423. The summed E-state index contributed by atoms with van der Waals surface area (Å²) in [4.78, 5) is 15.2. The fraction of sp³-hybridized carbons (Fsp3) is 0.950. The number of aliphatic hydroxyl groups is 15. The third-order valence-corrected chi connectivity index (χ3v) is 23.7. The number of rotatable bonds is 13. The lowest BCUT2D eigenvalue weighted by Gasteiger charge is -2.71. The van der Waals surface area contributed by atoms with Gasteiger partial charge in [0, 0.05) is 5.41 Å². The first-order chi connectivity index (χ1) is 39.8. The second-order valence-electron chi connectivity index (χ2n) is 29.0. The van der Waals surface area contributed by atoms with Gasteiger partial charge >= 0.3 is 5.97 Å².